The summed E-state index contributed by atoms with van der Waals surface area (Å²) in [6.07, 6.45) is 9.76. The Labute approximate surface area is 213 Å². The predicted molar refractivity (Wildman–Crippen MR) is 141 cm³/mol. The molecule has 1 saturated carbocycles. The van der Waals surface area contributed by atoms with Crippen LogP contribution in [-0.2, 0) is 23.3 Å². The Bertz CT molecular complexity index is 985. The quantitative estimate of drug-likeness (QED) is 0.442. The van der Waals surface area contributed by atoms with Gasteiger partial charge in [-0.05, 0) is 75.3 Å². The summed E-state index contributed by atoms with van der Waals surface area (Å²) >= 11 is 8.41. The molecule has 2 aliphatic rings. The number of nitrogens with one attached hydrogen (secondary N) is 1. The minimum absolute atomic E-state index is 0.242. The van der Waals surface area contributed by atoms with Crippen molar-refractivity contribution in [3.05, 3.63) is 52.2 Å². The average Bonchev–Trinajstić information content (AvgIpc) is 3.02. The Morgan fingerprint density at radius 3 is 2.62 bits per heavy atom. The molecule has 1 amide bonds. The zero-order valence-corrected chi connectivity index (χ0v) is 22.1. The van der Waals surface area contributed by atoms with Gasteiger partial charge < -0.3 is 15.0 Å². The van der Waals surface area contributed by atoms with E-state index >= 15 is 0 Å². The molecular formula is C27H36ClN3O2S. The first-order chi connectivity index (χ1) is 16.3. The van der Waals surface area contributed by atoms with Gasteiger partial charge >= 0.3 is 6.09 Å². The van der Waals surface area contributed by atoms with Crippen LogP contribution in [0, 0.1) is 0 Å². The Balaban J connectivity index is 1.39. The van der Waals surface area contributed by atoms with Crippen molar-refractivity contribution in [3.63, 3.8) is 0 Å². The van der Waals surface area contributed by atoms with Crippen LogP contribution in [-0.4, -0.2) is 40.7 Å². The van der Waals surface area contributed by atoms with Gasteiger partial charge in [-0.15, -0.1) is 11.8 Å². The van der Waals surface area contributed by atoms with E-state index in [-0.39, 0.29) is 6.09 Å². The molecule has 0 saturated heterocycles. The minimum Gasteiger partial charge on any atom is -0.444 e. The summed E-state index contributed by atoms with van der Waals surface area (Å²) in [4.78, 5) is 20.2. The van der Waals surface area contributed by atoms with Gasteiger partial charge in [-0.2, -0.15) is 0 Å². The third-order valence-corrected chi connectivity index (χ3v) is 8.07. The zero-order chi connectivity index (χ0) is 24.1. The van der Waals surface area contributed by atoms with Crippen molar-refractivity contribution < 1.29 is 9.53 Å². The average molecular weight is 502 g/mol. The number of anilines is 1. The van der Waals surface area contributed by atoms with E-state index in [1.807, 2.05) is 37.9 Å². The van der Waals surface area contributed by atoms with Gasteiger partial charge in [-0.1, -0.05) is 43.0 Å². The Hall–Kier alpha value is -1.92. The van der Waals surface area contributed by atoms with Gasteiger partial charge in [-0.25, -0.2) is 9.78 Å². The van der Waals surface area contributed by atoms with Crippen LogP contribution in [0.4, 0.5) is 10.6 Å². The van der Waals surface area contributed by atoms with E-state index in [0.29, 0.717) is 19.1 Å². The summed E-state index contributed by atoms with van der Waals surface area (Å²) < 4.78 is 5.59. The maximum Gasteiger partial charge on any atom is 0.410 e. The lowest BCUT2D eigenvalue weighted by Gasteiger charge is -2.26. The lowest BCUT2D eigenvalue weighted by Crippen LogP contribution is -2.38. The molecule has 184 valence electrons. The second-order valence-corrected chi connectivity index (χ2v) is 11.7. The predicted octanol–water partition coefficient (Wildman–Crippen LogP) is 7.11. The first kappa shape index (κ1) is 25.2. The van der Waals surface area contributed by atoms with Crippen molar-refractivity contribution in [2.24, 2.45) is 0 Å². The van der Waals surface area contributed by atoms with Crippen LogP contribution in [0.15, 0.2) is 35.4 Å². The second-order valence-electron chi connectivity index (χ2n) is 10.3. The van der Waals surface area contributed by atoms with Crippen molar-refractivity contribution in [1.82, 2.24) is 9.88 Å². The van der Waals surface area contributed by atoms with E-state index in [4.69, 9.17) is 16.3 Å². The summed E-state index contributed by atoms with van der Waals surface area (Å²) in [5.41, 5.74) is 3.21. The van der Waals surface area contributed by atoms with Crippen LogP contribution >= 0.6 is 23.4 Å². The van der Waals surface area contributed by atoms with E-state index in [2.05, 4.69) is 28.5 Å². The topological polar surface area (TPSA) is 54.5 Å². The van der Waals surface area contributed by atoms with Gasteiger partial charge in [0, 0.05) is 36.0 Å². The summed E-state index contributed by atoms with van der Waals surface area (Å²) in [5, 5.41) is 4.36. The second kappa shape index (κ2) is 11.2. The largest absolute Gasteiger partial charge is 0.444 e. The highest BCUT2D eigenvalue weighted by atomic mass is 35.5. The molecule has 2 aromatic rings. The van der Waals surface area contributed by atoms with Gasteiger partial charge in [0.25, 0.3) is 0 Å². The number of benzene rings is 1. The van der Waals surface area contributed by atoms with Gasteiger partial charge in [0.15, 0.2) is 0 Å². The molecule has 1 aromatic carbocycles. The molecule has 1 aliphatic heterocycles. The smallest absolute Gasteiger partial charge is 0.410 e. The van der Waals surface area contributed by atoms with Crippen LogP contribution in [0.5, 0.6) is 0 Å². The van der Waals surface area contributed by atoms with Crippen LogP contribution in [0.2, 0.25) is 5.02 Å². The van der Waals surface area contributed by atoms with E-state index in [1.54, 1.807) is 11.8 Å². The monoisotopic (exact) mass is 501 g/mol. The van der Waals surface area contributed by atoms with Gasteiger partial charge in [0.1, 0.15) is 11.4 Å². The highest BCUT2D eigenvalue weighted by molar-refractivity contribution is 7.98. The Morgan fingerprint density at radius 1 is 1.15 bits per heavy atom. The highest BCUT2D eigenvalue weighted by Gasteiger charge is 2.25. The molecule has 1 fully saturated rings. The van der Waals surface area contributed by atoms with Gasteiger partial charge in [0.2, 0.25) is 0 Å². The SMILES string of the molecule is CC(C)(C)OC(=O)N1CCc2ccc(Cl)c(SCc3ccc(NC4CCCCC4)nc3)c2CC1. The molecule has 0 unspecified atom stereocenters. The molecule has 0 spiro atoms. The number of ether oxygens (including phenoxy) is 1. The zero-order valence-electron chi connectivity index (χ0n) is 20.5. The van der Waals surface area contributed by atoms with Crippen LogP contribution in [0.25, 0.3) is 0 Å². The normalized spacial score (nSPS) is 17.1. The van der Waals surface area contributed by atoms with E-state index < -0.39 is 5.60 Å². The Kier molecular flexibility index (Phi) is 8.30. The van der Waals surface area contributed by atoms with E-state index in [9.17, 15) is 4.79 Å². The standard InChI is InChI=1S/C27H36ClN3O2S/c1-27(2,3)33-26(32)31-15-13-20-10-11-23(28)25(22(20)14-16-31)34-18-19-9-12-24(29-17-19)30-21-7-5-4-6-8-21/h9-12,17,21H,4-8,13-16,18H2,1-3H3,(H,29,30). The lowest BCUT2D eigenvalue weighted by atomic mass is 9.95. The number of hydrogen-bond acceptors (Lipinski definition) is 5. The fraction of sp³-hybridized carbons (Fsp3) is 0.556. The van der Waals surface area contributed by atoms with Crippen LogP contribution in [0.1, 0.15) is 69.6 Å². The molecule has 2 heterocycles. The first-order valence-corrected chi connectivity index (χ1v) is 13.8. The molecule has 34 heavy (non-hydrogen) atoms. The number of rotatable bonds is 5. The van der Waals surface area contributed by atoms with Gasteiger partial charge in [-0.3, -0.25) is 0 Å². The van der Waals surface area contributed by atoms with Crippen molar-refractivity contribution in [2.75, 3.05) is 18.4 Å². The third kappa shape index (κ3) is 6.82. The number of amides is 1. The Morgan fingerprint density at radius 2 is 1.91 bits per heavy atom. The number of fused-ring (bicyclic) bond motifs is 1. The number of carbonyl (C=O) groups excluding carboxylic acids is 1. The number of hydrogen-bond donors (Lipinski definition) is 1. The maximum atomic E-state index is 12.6. The van der Waals surface area contributed by atoms with E-state index in [0.717, 1.165) is 34.3 Å². The van der Waals surface area contributed by atoms with Gasteiger partial charge in [0.05, 0.1) is 5.02 Å². The molecular weight excluding hydrogens is 466 g/mol. The van der Waals surface area contributed by atoms with Crippen molar-refractivity contribution in [3.8, 4) is 0 Å². The number of nitrogens with zero attached hydrogens (tertiary/aromatic N) is 2. The molecule has 0 radical (unpaired) electrons. The van der Waals surface area contributed by atoms with Crippen molar-refractivity contribution >= 4 is 35.3 Å². The number of carbonyl (C=O) groups is 1. The van der Waals surface area contributed by atoms with Crippen LogP contribution in [0.3, 0.4) is 0 Å². The third-order valence-electron chi connectivity index (χ3n) is 6.41. The minimum atomic E-state index is -0.490. The van der Waals surface area contributed by atoms with Crippen molar-refractivity contribution in [1.29, 1.82) is 0 Å². The van der Waals surface area contributed by atoms with Crippen LogP contribution < -0.4 is 5.32 Å². The number of pyridine rings is 1. The fourth-order valence-electron chi connectivity index (χ4n) is 4.63. The molecule has 1 N–H and O–H groups in total. The summed E-state index contributed by atoms with van der Waals surface area (Å²) in [6, 6.07) is 8.90. The summed E-state index contributed by atoms with van der Waals surface area (Å²) in [6.45, 7) is 7.00. The molecule has 0 bridgehead atoms. The first-order valence-electron chi connectivity index (χ1n) is 12.4. The molecule has 4 rings (SSSR count). The maximum absolute atomic E-state index is 12.6. The highest BCUT2D eigenvalue weighted by Crippen LogP contribution is 2.36. The molecule has 5 nitrogen and oxygen atoms in total. The molecule has 1 aromatic heterocycles. The molecule has 1 aliphatic carbocycles. The van der Waals surface area contributed by atoms with Crippen molar-refractivity contribution in [2.45, 2.75) is 88.0 Å². The summed E-state index contributed by atoms with van der Waals surface area (Å²) in [5.74, 6) is 1.78. The molecule has 7 heteroatoms. The number of aromatic nitrogens is 1. The number of thioether (sulfide) groups is 1. The van der Waals surface area contributed by atoms with E-state index in [1.165, 1.54) is 48.8 Å². The lowest BCUT2D eigenvalue weighted by molar-refractivity contribution is 0.0258. The fourth-order valence-corrected chi connectivity index (χ4v) is 6.07. The molecule has 0 atom stereocenters. The number of halogens is 1. The summed E-state index contributed by atoms with van der Waals surface area (Å²) in [7, 11) is 0.